The number of carbonyl (C=O) groups excluding carboxylic acids is 2. The first-order chi connectivity index (χ1) is 12.6. The second-order valence-electron chi connectivity index (χ2n) is 6.87. The lowest BCUT2D eigenvalue weighted by Crippen LogP contribution is -2.27. The van der Waals surface area contributed by atoms with E-state index in [9.17, 15) is 9.59 Å². The predicted molar refractivity (Wildman–Crippen MR) is 96.7 cm³/mol. The maximum Gasteiger partial charge on any atom is 0.359 e. The molecule has 0 radical (unpaired) electrons. The molecule has 2 heterocycles. The number of esters is 1. The number of fused-ring (bicyclic) bond motifs is 3. The number of ether oxygens (including phenoxy) is 1. The largest absolute Gasteiger partial charge is 0.458 e. The van der Waals surface area contributed by atoms with Crippen LogP contribution in [0.2, 0.25) is 5.02 Å². The van der Waals surface area contributed by atoms with Crippen LogP contribution in [0.3, 0.4) is 0 Å². The highest BCUT2D eigenvalue weighted by atomic mass is 35.5. The molecule has 1 aromatic heterocycles. The molecule has 1 aliphatic carbocycles. The molecule has 1 saturated carbocycles. The zero-order valence-electron chi connectivity index (χ0n) is 14.6. The van der Waals surface area contributed by atoms with Crippen LogP contribution in [0.1, 0.15) is 58.6 Å². The zero-order chi connectivity index (χ0) is 18.3. The Morgan fingerprint density at radius 1 is 1.27 bits per heavy atom. The van der Waals surface area contributed by atoms with Crippen LogP contribution in [0.4, 0.5) is 0 Å². The highest BCUT2D eigenvalue weighted by Gasteiger charge is 2.31. The van der Waals surface area contributed by atoms with Crippen LogP contribution < -0.4 is 0 Å². The fraction of sp³-hybridized carbons (Fsp3) is 0.421. The summed E-state index contributed by atoms with van der Waals surface area (Å²) in [7, 11) is 1.69. The van der Waals surface area contributed by atoms with E-state index in [0.717, 1.165) is 25.7 Å². The minimum absolute atomic E-state index is 0.0412. The minimum Gasteiger partial charge on any atom is -0.458 e. The molecule has 7 heteroatoms. The van der Waals surface area contributed by atoms with Gasteiger partial charge in [0.25, 0.3) is 5.91 Å². The lowest BCUT2D eigenvalue weighted by atomic mass is 9.98. The molecular formula is C19H20ClN3O3. The van der Waals surface area contributed by atoms with E-state index in [0.29, 0.717) is 22.0 Å². The number of hydrogen-bond acceptors (Lipinski definition) is 4. The number of rotatable bonds is 2. The van der Waals surface area contributed by atoms with Crippen molar-refractivity contribution in [3.05, 3.63) is 46.5 Å². The molecule has 6 nitrogen and oxygen atoms in total. The van der Waals surface area contributed by atoms with Crippen molar-refractivity contribution in [1.29, 1.82) is 0 Å². The highest BCUT2D eigenvalue weighted by molar-refractivity contribution is 6.34. The first kappa shape index (κ1) is 17.1. The van der Waals surface area contributed by atoms with Crippen LogP contribution in [0.25, 0.3) is 5.69 Å². The van der Waals surface area contributed by atoms with Gasteiger partial charge in [0.2, 0.25) is 0 Å². The van der Waals surface area contributed by atoms with Gasteiger partial charge in [0.15, 0.2) is 5.69 Å². The van der Waals surface area contributed by atoms with Gasteiger partial charge in [-0.2, -0.15) is 0 Å². The quantitative estimate of drug-likeness (QED) is 0.754. The number of imidazole rings is 1. The molecular weight excluding hydrogens is 354 g/mol. The molecule has 26 heavy (non-hydrogen) atoms. The van der Waals surface area contributed by atoms with Crippen LogP contribution in [0.15, 0.2) is 24.5 Å². The number of hydrogen-bond donors (Lipinski definition) is 0. The molecule has 0 spiro atoms. The number of amides is 1. The predicted octanol–water partition coefficient (Wildman–Crippen LogP) is 3.60. The van der Waals surface area contributed by atoms with Crippen molar-refractivity contribution in [2.24, 2.45) is 0 Å². The van der Waals surface area contributed by atoms with Gasteiger partial charge in [0.1, 0.15) is 12.4 Å². The average molecular weight is 374 g/mol. The van der Waals surface area contributed by atoms with Crippen molar-refractivity contribution in [2.75, 3.05) is 7.05 Å². The van der Waals surface area contributed by atoms with Crippen molar-refractivity contribution < 1.29 is 14.3 Å². The van der Waals surface area contributed by atoms with Crippen molar-refractivity contribution >= 4 is 23.5 Å². The molecule has 4 rings (SSSR count). The Hall–Kier alpha value is -2.34. The molecule has 2 aliphatic rings. The molecule has 0 N–H and O–H groups in total. The first-order valence-corrected chi connectivity index (χ1v) is 9.25. The van der Waals surface area contributed by atoms with Crippen LogP contribution >= 0.6 is 11.6 Å². The molecule has 0 bridgehead atoms. The topological polar surface area (TPSA) is 64.4 Å². The monoisotopic (exact) mass is 373 g/mol. The molecule has 1 aliphatic heterocycles. The highest BCUT2D eigenvalue weighted by Crippen LogP contribution is 2.31. The van der Waals surface area contributed by atoms with Gasteiger partial charge in [-0.3, -0.25) is 9.36 Å². The second kappa shape index (κ2) is 6.76. The Labute approximate surface area is 156 Å². The number of carbonyl (C=O) groups is 2. The Bertz CT molecular complexity index is 871. The molecule has 2 aromatic rings. The summed E-state index contributed by atoms with van der Waals surface area (Å²) in [5.74, 6) is -0.599. The number of halogens is 1. The van der Waals surface area contributed by atoms with E-state index in [1.807, 2.05) is 0 Å². The number of nitrogens with zero attached hydrogens (tertiary/aromatic N) is 3. The molecule has 0 atom stereocenters. The summed E-state index contributed by atoms with van der Waals surface area (Å²) in [4.78, 5) is 31.3. The van der Waals surface area contributed by atoms with E-state index >= 15 is 0 Å². The van der Waals surface area contributed by atoms with E-state index in [-0.39, 0.29) is 24.2 Å². The van der Waals surface area contributed by atoms with Crippen molar-refractivity contribution in [2.45, 2.75) is 44.8 Å². The van der Waals surface area contributed by atoms with Crippen LogP contribution in [0.5, 0.6) is 0 Å². The molecule has 0 saturated heterocycles. The zero-order valence-corrected chi connectivity index (χ0v) is 15.3. The lowest BCUT2D eigenvalue weighted by Gasteiger charge is -2.21. The smallest absolute Gasteiger partial charge is 0.359 e. The van der Waals surface area contributed by atoms with Gasteiger partial charge >= 0.3 is 5.97 Å². The van der Waals surface area contributed by atoms with Crippen LogP contribution in [-0.4, -0.2) is 39.5 Å². The van der Waals surface area contributed by atoms with E-state index < -0.39 is 5.97 Å². The Balaban J connectivity index is 1.72. The first-order valence-electron chi connectivity index (χ1n) is 8.88. The summed E-state index contributed by atoms with van der Waals surface area (Å²) in [5.41, 5.74) is 1.96. The summed E-state index contributed by atoms with van der Waals surface area (Å²) in [6, 6.07) is 5.27. The van der Waals surface area contributed by atoms with Gasteiger partial charge in [-0.25, -0.2) is 9.78 Å². The number of benzene rings is 1. The molecule has 1 aromatic carbocycles. The SMILES string of the molecule is CN1Cc2c(C(=O)OC3CCCCC3)ncn2-c2cccc(Cl)c2C1=O. The normalized spacial score (nSPS) is 17.5. The second-order valence-corrected chi connectivity index (χ2v) is 7.28. The maximum atomic E-state index is 12.7. The third-order valence-electron chi connectivity index (χ3n) is 5.08. The van der Waals surface area contributed by atoms with Gasteiger partial charge < -0.3 is 9.64 Å². The van der Waals surface area contributed by atoms with E-state index in [2.05, 4.69) is 4.98 Å². The standard InChI is InChI=1S/C19H20ClN3O3/c1-22-10-15-17(19(25)26-12-6-3-2-4-7-12)21-11-23(15)14-9-5-8-13(20)16(14)18(22)24/h5,8-9,11-12H,2-4,6-7,10H2,1H3. The molecule has 0 unspecified atom stereocenters. The van der Waals surface area contributed by atoms with Gasteiger partial charge in [0, 0.05) is 7.05 Å². The summed E-state index contributed by atoms with van der Waals surface area (Å²) < 4.78 is 7.44. The fourth-order valence-corrected chi connectivity index (χ4v) is 3.96. The van der Waals surface area contributed by atoms with Crippen molar-refractivity contribution in [3.8, 4) is 5.69 Å². The molecule has 1 fully saturated rings. The van der Waals surface area contributed by atoms with Crippen molar-refractivity contribution in [1.82, 2.24) is 14.5 Å². The summed E-state index contributed by atoms with van der Waals surface area (Å²) >= 11 is 6.27. The van der Waals surface area contributed by atoms with Gasteiger partial charge in [-0.05, 0) is 37.8 Å². The van der Waals surface area contributed by atoms with Crippen LogP contribution in [-0.2, 0) is 11.3 Å². The fourth-order valence-electron chi connectivity index (χ4n) is 3.71. The third-order valence-corrected chi connectivity index (χ3v) is 5.40. The van der Waals surface area contributed by atoms with E-state index in [1.165, 1.54) is 6.42 Å². The number of aromatic nitrogens is 2. The summed E-state index contributed by atoms with van der Waals surface area (Å²) in [6.07, 6.45) is 6.69. The van der Waals surface area contributed by atoms with Gasteiger partial charge in [-0.15, -0.1) is 0 Å². The van der Waals surface area contributed by atoms with E-state index in [4.69, 9.17) is 16.3 Å². The minimum atomic E-state index is -0.419. The van der Waals surface area contributed by atoms with E-state index in [1.54, 1.807) is 41.0 Å². The lowest BCUT2D eigenvalue weighted by molar-refractivity contribution is 0.0202. The van der Waals surface area contributed by atoms with Gasteiger partial charge in [-0.1, -0.05) is 24.1 Å². The molecule has 1 amide bonds. The summed E-state index contributed by atoms with van der Waals surface area (Å²) in [5, 5.41) is 0.382. The third kappa shape index (κ3) is 2.88. The maximum absolute atomic E-state index is 12.7. The van der Waals surface area contributed by atoms with Crippen molar-refractivity contribution in [3.63, 3.8) is 0 Å². The summed E-state index contributed by atoms with van der Waals surface area (Å²) in [6.45, 7) is 0.263. The molecule has 136 valence electrons. The van der Waals surface area contributed by atoms with Gasteiger partial charge in [0.05, 0.1) is 28.5 Å². The Morgan fingerprint density at radius 2 is 2.04 bits per heavy atom. The average Bonchev–Trinajstić information content (AvgIpc) is 3.01. The Morgan fingerprint density at radius 3 is 2.81 bits per heavy atom. The Kier molecular flexibility index (Phi) is 4.44. The van der Waals surface area contributed by atoms with Crippen LogP contribution in [0, 0.1) is 0 Å².